The van der Waals surface area contributed by atoms with E-state index in [1.165, 1.54) is 11.3 Å². The molecule has 1 aliphatic rings. The molecule has 1 aliphatic heterocycles. The minimum atomic E-state index is -0.244. The van der Waals surface area contributed by atoms with Gasteiger partial charge in [0.1, 0.15) is 0 Å². The van der Waals surface area contributed by atoms with Gasteiger partial charge in [0.25, 0.3) is 11.8 Å². The Bertz CT molecular complexity index is 753. The van der Waals surface area contributed by atoms with Crippen LogP contribution in [0.2, 0.25) is 0 Å². The van der Waals surface area contributed by atoms with Gasteiger partial charge in [-0.2, -0.15) is 0 Å². The zero-order chi connectivity index (χ0) is 16.9. The van der Waals surface area contributed by atoms with Crippen molar-refractivity contribution in [2.24, 2.45) is 0 Å². The van der Waals surface area contributed by atoms with Crippen LogP contribution in [0.5, 0.6) is 0 Å². The van der Waals surface area contributed by atoms with Crippen LogP contribution >= 0.6 is 23.6 Å². The molecule has 7 heteroatoms. The lowest BCUT2D eigenvalue weighted by Gasteiger charge is -2.16. The zero-order valence-corrected chi connectivity index (χ0v) is 14.6. The second kappa shape index (κ2) is 7.55. The van der Waals surface area contributed by atoms with Crippen molar-refractivity contribution in [1.82, 2.24) is 10.2 Å². The summed E-state index contributed by atoms with van der Waals surface area (Å²) < 4.78 is 0. The van der Waals surface area contributed by atoms with Crippen molar-refractivity contribution in [2.45, 2.75) is 12.8 Å². The van der Waals surface area contributed by atoms with Crippen LogP contribution in [0.3, 0.4) is 0 Å². The molecule has 0 aliphatic carbocycles. The SMILES string of the molecule is O=C(NC(=S)Nc1cccc(C(=O)N2CCCC2)c1)c1cccs1. The molecule has 0 radical (unpaired) electrons. The van der Waals surface area contributed by atoms with Crippen molar-refractivity contribution in [3.8, 4) is 0 Å². The van der Waals surface area contributed by atoms with E-state index in [-0.39, 0.29) is 16.9 Å². The summed E-state index contributed by atoms with van der Waals surface area (Å²) in [5.74, 6) is -0.212. The number of nitrogens with one attached hydrogen (secondary N) is 2. The Morgan fingerprint density at radius 1 is 1.12 bits per heavy atom. The predicted molar refractivity (Wildman–Crippen MR) is 99.6 cm³/mol. The third kappa shape index (κ3) is 3.98. The highest BCUT2D eigenvalue weighted by atomic mass is 32.1. The number of thiocarbonyl (C=S) groups is 1. The molecule has 124 valence electrons. The first-order chi connectivity index (χ1) is 11.6. The molecule has 2 N–H and O–H groups in total. The van der Waals surface area contributed by atoms with Crippen molar-refractivity contribution in [3.63, 3.8) is 0 Å². The second-order valence-electron chi connectivity index (χ2n) is 5.47. The highest BCUT2D eigenvalue weighted by molar-refractivity contribution is 7.80. The molecule has 0 bridgehead atoms. The molecule has 24 heavy (non-hydrogen) atoms. The topological polar surface area (TPSA) is 61.4 Å². The number of thiophene rings is 1. The van der Waals surface area contributed by atoms with E-state index in [2.05, 4.69) is 10.6 Å². The number of amides is 2. The Hall–Kier alpha value is -2.25. The highest BCUT2D eigenvalue weighted by Gasteiger charge is 2.19. The number of likely N-dealkylation sites (tertiary alicyclic amines) is 1. The number of rotatable bonds is 3. The molecule has 1 aromatic carbocycles. The predicted octanol–water partition coefficient (Wildman–Crippen LogP) is 3.11. The average Bonchev–Trinajstić information content (AvgIpc) is 3.27. The third-order valence-corrected chi connectivity index (χ3v) is 4.81. The molecular weight excluding hydrogens is 342 g/mol. The number of benzene rings is 1. The van der Waals surface area contributed by atoms with E-state index in [0.29, 0.717) is 16.1 Å². The molecule has 0 saturated carbocycles. The first-order valence-corrected chi connectivity index (χ1v) is 8.97. The summed E-state index contributed by atoms with van der Waals surface area (Å²) in [6, 6.07) is 10.7. The highest BCUT2D eigenvalue weighted by Crippen LogP contribution is 2.16. The van der Waals surface area contributed by atoms with Gasteiger partial charge in [-0.15, -0.1) is 11.3 Å². The van der Waals surface area contributed by atoms with E-state index in [9.17, 15) is 9.59 Å². The Kier molecular flexibility index (Phi) is 5.22. The van der Waals surface area contributed by atoms with Crippen LogP contribution in [0.15, 0.2) is 41.8 Å². The van der Waals surface area contributed by atoms with Crippen molar-refractivity contribution in [2.75, 3.05) is 18.4 Å². The lowest BCUT2D eigenvalue weighted by molar-refractivity contribution is 0.0792. The van der Waals surface area contributed by atoms with Crippen LogP contribution < -0.4 is 10.6 Å². The van der Waals surface area contributed by atoms with Gasteiger partial charge in [-0.25, -0.2) is 0 Å². The van der Waals surface area contributed by atoms with E-state index in [1.807, 2.05) is 22.4 Å². The summed E-state index contributed by atoms with van der Waals surface area (Å²) in [6.07, 6.45) is 2.12. The number of nitrogens with zero attached hydrogens (tertiary/aromatic N) is 1. The number of anilines is 1. The number of hydrogen-bond acceptors (Lipinski definition) is 4. The Balaban J connectivity index is 1.62. The molecule has 0 spiro atoms. The zero-order valence-electron chi connectivity index (χ0n) is 13.0. The Morgan fingerprint density at radius 2 is 1.92 bits per heavy atom. The molecule has 1 aromatic heterocycles. The molecule has 1 fully saturated rings. The molecule has 0 unspecified atom stereocenters. The Labute approximate surface area is 149 Å². The normalized spacial score (nSPS) is 13.6. The summed E-state index contributed by atoms with van der Waals surface area (Å²) in [6.45, 7) is 1.62. The van der Waals surface area contributed by atoms with Crippen LogP contribution in [0.4, 0.5) is 5.69 Å². The summed E-state index contributed by atoms with van der Waals surface area (Å²) in [5.41, 5.74) is 1.30. The average molecular weight is 359 g/mol. The van der Waals surface area contributed by atoms with Gasteiger partial charge in [0.2, 0.25) is 0 Å². The van der Waals surface area contributed by atoms with E-state index in [1.54, 1.807) is 24.3 Å². The fraction of sp³-hybridized carbons (Fsp3) is 0.235. The number of carbonyl (C=O) groups is 2. The second-order valence-corrected chi connectivity index (χ2v) is 6.82. The molecule has 0 atom stereocenters. The van der Waals surface area contributed by atoms with Gasteiger partial charge in [0.05, 0.1) is 4.88 Å². The minimum absolute atomic E-state index is 0.0321. The van der Waals surface area contributed by atoms with Crippen LogP contribution in [0.1, 0.15) is 32.9 Å². The van der Waals surface area contributed by atoms with Gasteiger partial charge >= 0.3 is 0 Å². The lowest BCUT2D eigenvalue weighted by Crippen LogP contribution is -2.33. The van der Waals surface area contributed by atoms with Gasteiger partial charge < -0.3 is 10.2 Å². The van der Waals surface area contributed by atoms with Crippen LogP contribution in [0.25, 0.3) is 0 Å². The number of hydrogen-bond donors (Lipinski definition) is 2. The van der Waals surface area contributed by atoms with Crippen molar-refractivity contribution < 1.29 is 9.59 Å². The maximum Gasteiger partial charge on any atom is 0.267 e. The van der Waals surface area contributed by atoms with Gasteiger partial charge in [-0.05, 0) is 54.7 Å². The van der Waals surface area contributed by atoms with Gasteiger partial charge in [-0.3, -0.25) is 14.9 Å². The summed E-state index contributed by atoms with van der Waals surface area (Å²) in [4.78, 5) is 26.8. The lowest BCUT2D eigenvalue weighted by atomic mass is 10.2. The quantitative estimate of drug-likeness (QED) is 0.827. The van der Waals surface area contributed by atoms with E-state index >= 15 is 0 Å². The third-order valence-electron chi connectivity index (χ3n) is 3.73. The summed E-state index contributed by atoms with van der Waals surface area (Å²) >= 11 is 6.52. The van der Waals surface area contributed by atoms with Crippen LogP contribution in [-0.2, 0) is 0 Å². The standard InChI is InChI=1S/C17H17N3O2S2/c21-15(14-7-4-10-24-14)19-17(23)18-13-6-3-5-12(11-13)16(22)20-8-1-2-9-20/h3-7,10-11H,1-2,8-9H2,(H2,18,19,21,23). The van der Waals surface area contributed by atoms with Gasteiger partial charge in [-0.1, -0.05) is 12.1 Å². The van der Waals surface area contributed by atoms with Crippen LogP contribution in [-0.4, -0.2) is 34.9 Å². The first-order valence-electron chi connectivity index (χ1n) is 7.68. The van der Waals surface area contributed by atoms with Crippen molar-refractivity contribution >= 4 is 46.2 Å². The maximum absolute atomic E-state index is 12.4. The molecule has 2 heterocycles. The smallest absolute Gasteiger partial charge is 0.267 e. The number of carbonyl (C=O) groups excluding carboxylic acids is 2. The maximum atomic E-state index is 12.4. The van der Waals surface area contributed by atoms with Crippen molar-refractivity contribution in [1.29, 1.82) is 0 Å². The molecule has 1 saturated heterocycles. The summed E-state index contributed by atoms with van der Waals surface area (Å²) in [5, 5.41) is 7.62. The largest absolute Gasteiger partial charge is 0.339 e. The van der Waals surface area contributed by atoms with E-state index in [4.69, 9.17) is 12.2 Å². The minimum Gasteiger partial charge on any atom is -0.339 e. The molecule has 5 nitrogen and oxygen atoms in total. The fourth-order valence-corrected chi connectivity index (χ4v) is 3.40. The van der Waals surface area contributed by atoms with E-state index < -0.39 is 0 Å². The molecule has 2 aromatic rings. The molecular formula is C17H17N3O2S2. The molecule has 3 rings (SSSR count). The Morgan fingerprint density at radius 3 is 2.62 bits per heavy atom. The monoisotopic (exact) mass is 359 g/mol. The molecule has 2 amide bonds. The fourth-order valence-electron chi connectivity index (χ4n) is 2.57. The summed E-state index contributed by atoms with van der Waals surface area (Å²) in [7, 11) is 0. The van der Waals surface area contributed by atoms with E-state index in [0.717, 1.165) is 25.9 Å². The van der Waals surface area contributed by atoms with Gasteiger partial charge in [0.15, 0.2) is 5.11 Å². The van der Waals surface area contributed by atoms with Crippen molar-refractivity contribution in [3.05, 3.63) is 52.2 Å². The van der Waals surface area contributed by atoms with Gasteiger partial charge in [0, 0.05) is 24.3 Å². The van der Waals surface area contributed by atoms with Crippen LogP contribution in [0, 0.1) is 0 Å². The first kappa shape index (κ1) is 16.6.